The van der Waals surface area contributed by atoms with Crippen molar-refractivity contribution in [1.29, 1.82) is 0 Å². The van der Waals surface area contributed by atoms with Gasteiger partial charge in [0.25, 0.3) is 10.0 Å². The van der Waals surface area contributed by atoms with Crippen molar-refractivity contribution in [2.24, 2.45) is 0 Å². The molecule has 2 aromatic carbocycles. The minimum Gasteiger partial charge on any atom is -0.478 e. The highest BCUT2D eigenvalue weighted by Gasteiger charge is 2.16. The van der Waals surface area contributed by atoms with Crippen LogP contribution >= 0.6 is 23.2 Å². The third-order valence-electron chi connectivity index (χ3n) is 2.50. The maximum atomic E-state index is 12.2. The first-order chi connectivity index (χ1) is 9.78. The molecule has 0 amide bonds. The molecule has 0 atom stereocenters. The first-order valence-electron chi connectivity index (χ1n) is 5.60. The summed E-state index contributed by atoms with van der Waals surface area (Å²) < 4.78 is 26.6. The van der Waals surface area contributed by atoms with E-state index >= 15 is 0 Å². The Morgan fingerprint density at radius 2 is 1.76 bits per heavy atom. The van der Waals surface area contributed by atoms with Crippen molar-refractivity contribution < 1.29 is 18.3 Å². The molecule has 8 heteroatoms. The molecule has 0 aliphatic heterocycles. The number of hydrogen-bond acceptors (Lipinski definition) is 3. The third-order valence-corrected chi connectivity index (χ3v) is 4.34. The topological polar surface area (TPSA) is 83.5 Å². The lowest BCUT2D eigenvalue weighted by atomic mass is 10.2. The second kappa shape index (κ2) is 5.93. The van der Waals surface area contributed by atoms with Crippen LogP contribution in [-0.2, 0) is 10.0 Å². The van der Waals surface area contributed by atoms with Crippen LogP contribution in [0.5, 0.6) is 0 Å². The smallest absolute Gasteiger partial charge is 0.335 e. The first-order valence-corrected chi connectivity index (χ1v) is 7.84. The van der Waals surface area contributed by atoms with Gasteiger partial charge < -0.3 is 5.11 Å². The molecule has 0 bridgehead atoms. The highest BCUT2D eigenvalue weighted by atomic mass is 35.5. The summed E-state index contributed by atoms with van der Waals surface area (Å²) in [5.41, 5.74) is -0.0637. The molecule has 2 aromatic rings. The second-order valence-electron chi connectivity index (χ2n) is 4.10. The van der Waals surface area contributed by atoms with E-state index in [2.05, 4.69) is 4.72 Å². The molecule has 0 saturated heterocycles. The van der Waals surface area contributed by atoms with Crippen LogP contribution in [-0.4, -0.2) is 19.5 Å². The minimum absolute atomic E-state index is 0.0353. The number of benzene rings is 2. The number of carboxylic acids is 1. The van der Waals surface area contributed by atoms with Crippen LogP contribution in [0, 0.1) is 0 Å². The minimum atomic E-state index is -3.88. The van der Waals surface area contributed by atoms with E-state index in [9.17, 15) is 13.2 Å². The fourth-order valence-electron chi connectivity index (χ4n) is 1.62. The van der Waals surface area contributed by atoms with Gasteiger partial charge in [-0.2, -0.15) is 0 Å². The SMILES string of the molecule is O=C(O)c1cc(Cl)cc(NS(=O)(=O)c2cccc(Cl)c2)c1. The van der Waals surface area contributed by atoms with Crippen molar-refractivity contribution in [3.8, 4) is 0 Å². The van der Waals surface area contributed by atoms with Gasteiger partial charge in [0.15, 0.2) is 0 Å². The summed E-state index contributed by atoms with van der Waals surface area (Å²) >= 11 is 11.5. The van der Waals surface area contributed by atoms with Crippen LogP contribution in [0.2, 0.25) is 10.0 Å². The molecule has 0 aromatic heterocycles. The molecule has 0 aliphatic carbocycles. The summed E-state index contributed by atoms with van der Waals surface area (Å²) in [6.07, 6.45) is 0. The number of carboxylic acid groups (broad SMARTS) is 1. The molecule has 0 radical (unpaired) electrons. The predicted octanol–water partition coefficient (Wildman–Crippen LogP) is 3.49. The number of carbonyl (C=O) groups is 1. The van der Waals surface area contributed by atoms with Crippen LogP contribution in [0.25, 0.3) is 0 Å². The average Bonchev–Trinajstić information content (AvgIpc) is 2.37. The third kappa shape index (κ3) is 3.87. The molecule has 21 heavy (non-hydrogen) atoms. The first kappa shape index (κ1) is 15.6. The Morgan fingerprint density at radius 1 is 1.05 bits per heavy atom. The van der Waals surface area contributed by atoms with Crippen LogP contribution in [0.3, 0.4) is 0 Å². The van der Waals surface area contributed by atoms with Crippen molar-refractivity contribution in [3.63, 3.8) is 0 Å². The summed E-state index contributed by atoms with van der Waals surface area (Å²) in [7, 11) is -3.88. The molecule has 2 rings (SSSR count). The highest BCUT2D eigenvalue weighted by molar-refractivity contribution is 7.92. The number of rotatable bonds is 4. The highest BCUT2D eigenvalue weighted by Crippen LogP contribution is 2.23. The molecule has 110 valence electrons. The average molecular weight is 346 g/mol. The van der Waals surface area contributed by atoms with Crippen molar-refractivity contribution in [2.75, 3.05) is 4.72 Å². The van der Waals surface area contributed by atoms with Gasteiger partial charge in [-0.05, 0) is 36.4 Å². The number of sulfonamides is 1. The quantitative estimate of drug-likeness (QED) is 0.888. The molecule has 5 nitrogen and oxygen atoms in total. The fraction of sp³-hybridized carbons (Fsp3) is 0. The lowest BCUT2D eigenvalue weighted by Crippen LogP contribution is -2.13. The number of anilines is 1. The van der Waals surface area contributed by atoms with E-state index in [0.717, 1.165) is 0 Å². The van der Waals surface area contributed by atoms with Crippen molar-refractivity contribution in [3.05, 3.63) is 58.1 Å². The van der Waals surface area contributed by atoms with E-state index in [1.54, 1.807) is 6.07 Å². The summed E-state index contributed by atoms with van der Waals surface area (Å²) in [5.74, 6) is -1.21. The lowest BCUT2D eigenvalue weighted by molar-refractivity contribution is 0.0697. The Morgan fingerprint density at radius 3 is 2.38 bits per heavy atom. The largest absolute Gasteiger partial charge is 0.478 e. The van der Waals surface area contributed by atoms with E-state index in [1.165, 1.54) is 36.4 Å². The molecule has 0 heterocycles. The van der Waals surface area contributed by atoms with E-state index in [4.69, 9.17) is 28.3 Å². The van der Waals surface area contributed by atoms with E-state index in [1.807, 2.05) is 0 Å². The zero-order valence-electron chi connectivity index (χ0n) is 10.4. The van der Waals surface area contributed by atoms with E-state index in [-0.39, 0.29) is 26.2 Å². The summed E-state index contributed by atoms with van der Waals surface area (Å²) in [6.45, 7) is 0. The maximum Gasteiger partial charge on any atom is 0.335 e. The number of aromatic carboxylic acids is 1. The molecule has 0 spiro atoms. The van der Waals surface area contributed by atoms with Crippen molar-refractivity contribution in [2.45, 2.75) is 4.90 Å². The Labute approximate surface area is 131 Å². The van der Waals surface area contributed by atoms with Crippen LogP contribution < -0.4 is 4.72 Å². The van der Waals surface area contributed by atoms with Crippen molar-refractivity contribution >= 4 is 44.9 Å². The van der Waals surface area contributed by atoms with Crippen LogP contribution in [0.15, 0.2) is 47.4 Å². The zero-order chi connectivity index (χ0) is 15.6. The Balaban J connectivity index is 2.39. The van der Waals surface area contributed by atoms with Gasteiger partial charge in [-0.3, -0.25) is 4.72 Å². The molecule has 0 unspecified atom stereocenters. The molecular weight excluding hydrogens is 337 g/mol. The van der Waals surface area contributed by atoms with Gasteiger partial charge in [0.05, 0.1) is 16.1 Å². The Hall–Kier alpha value is -1.76. The van der Waals surface area contributed by atoms with Crippen LogP contribution in [0.4, 0.5) is 5.69 Å². The predicted molar refractivity (Wildman–Crippen MR) is 80.7 cm³/mol. The normalized spacial score (nSPS) is 11.1. The summed E-state index contributed by atoms with van der Waals surface area (Å²) in [4.78, 5) is 10.9. The molecule has 0 saturated carbocycles. The summed E-state index contributed by atoms with van der Waals surface area (Å²) in [6, 6.07) is 9.41. The van der Waals surface area contributed by atoms with Crippen LogP contribution in [0.1, 0.15) is 10.4 Å². The summed E-state index contributed by atoms with van der Waals surface area (Å²) in [5, 5.41) is 9.32. The van der Waals surface area contributed by atoms with Crippen molar-refractivity contribution in [1.82, 2.24) is 0 Å². The van der Waals surface area contributed by atoms with Gasteiger partial charge >= 0.3 is 5.97 Å². The monoisotopic (exact) mass is 345 g/mol. The molecule has 0 fully saturated rings. The fourth-order valence-corrected chi connectivity index (χ4v) is 3.20. The van der Waals surface area contributed by atoms with Gasteiger partial charge in [-0.1, -0.05) is 29.3 Å². The number of halogens is 2. The molecule has 0 aliphatic rings. The van der Waals surface area contributed by atoms with E-state index < -0.39 is 16.0 Å². The number of nitrogens with one attached hydrogen (secondary N) is 1. The van der Waals surface area contributed by atoms with Gasteiger partial charge in [-0.15, -0.1) is 0 Å². The van der Waals surface area contributed by atoms with E-state index in [0.29, 0.717) is 0 Å². The lowest BCUT2D eigenvalue weighted by Gasteiger charge is -2.09. The maximum absolute atomic E-state index is 12.2. The molecular formula is C13H9Cl2NO4S. The Bertz CT molecular complexity index is 806. The van der Waals surface area contributed by atoms with Gasteiger partial charge in [0.1, 0.15) is 0 Å². The van der Waals surface area contributed by atoms with Gasteiger partial charge in [0, 0.05) is 10.0 Å². The standard InChI is InChI=1S/C13H9Cl2NO4S/c14-9-2-1-3-12(7-9)21(19,20)16-11-5-8(13(17)18)4-10(15)6-11/h1-7,16H,(H,17,18). The second-order valence-corrected chi connectivity index (χ2v) is 6.65. The number of hydrogen-bond donors (Lipinski definition) is 2. The zero-order valence-corrected chi connectivity index (χ0v) is 12.7. The van der Waals surface area contributed by atoms with Gasteiger partial charge in [-0.25, -0.2) is 13.2 Å². The van der Waals surface area contributed by atoms with Gasteiger partial charge in [0.2, 0.25) is 0 Å². The Kier molecular flexibility index (Phi) is 4.41. The molecule has 2 N–H and O–H groups in total.